The van der Waals surface area contributed by atoms with Crippen molar-refractivity contribution in [2.24, 2.45) is 0 Å². The van der Waals surface area contributed by atoms with Crippen molar-refractivity contribution in [2.45, 2.75) is 19.9 Å². The van der Waals surface area contributed by atoms with Crippen molar-refractivity contribution in [1.82, 2.24) is 9.55 Å². The van der Waals surface area contributed by atoms with Crippen molar-refractivity contribution in [2.75, 3.05) is 6.61 Å². The van der Waals surface area contributed by atoms with Gasteiger partial charge in [0.1, 0.15) is 11.3 Å². The number of rotatable bonds is 5. The maximum absolute atomic E-state index is 12.0. The number of H-pyrrole nitrogens is 1. The molecule has 6 nitrogen and oxygen atoms in total. The van der Waals surface area contributed by atoms with E-state index in [0.29, 0.717) is 13.0 Å². The largest absolute Gasteiger partial charge is 0.507 e. The van der Waals surface area contributed by atoms with Crippen LogP contribution in [0.4, 0.5) is 0 Å². The monoisotopic (exact) mass is 326 g/mol. The Morgan fingerprint density at radius 1 is 1.25 bits per heavy atom. The first kappa shape index (κ1) is 15.9. The molecule has 0 radical (unpaired) electrons. The number of aromatic nitrogens is 2. The molecule has 0 aliphatic heterocycles. The number of esters is 1. The van der Waals surface area contributed by atoms with Gasteiger partial charge in [-0.25, -0.2) is 9.59 Å². The molecular formula is C18H18N2O4. The summed E-state index contributed by atoms with van der Waals surface area (Å²) in [5.74, 6) is -0.661. The molecule has 2 aromatic carbocycles. The van der Waals surface area contributed by atoms with Crippen LogP contribution in [-0.2, 0) is 11.3 Å². The Morgan fingerprint density at radius 3 is 2.83 bits per heavy atom. The van der Waals surface area contributed by atoms with E-state index in [1.807, 2.05) is 31.2 Å². The lowest BCUT2D eigenvalue weighted by Crippen LogP contribution is -2.18. The van der Waals surface area contributed by atoms with E-state index in [1.54, 1.807) is 10.6 Å². The van der Waals surface area contributed by atoms with Gasteiger partial charge in [0, 0.05) is 6.54 Å². The maximum Gasteiger partial charge on any atom is 0.341 e. The third-order valence-electron chi connectivity index (χ3n) is 3.81. The maximum atomic E-state index is 12.0. The van der Waals surface area contributed by atoms with Crippen LogP contribution in [0.2, 0.25) is 0 Å². The third kappa shape index (κ3) is 3.17. The summed E-state index contributed by atoms with van der Waals surface area (Å²) in [6.07, 6.45) is 0.500. The predicted octanol–water partition coefficient (Wildman–Crippen LogP) is 2.59. The van der Waals surface area contributed by atoms with E-state index in [0.717, 1.165) is 16.6 Å². The Labute approximate surface area is 138 Å². The van der Waals surface area contributed by atoms with Gasteiger partial charge < -0.3 is 14.8 Å². The molecule has 0 fully saturated rings. The first-order valence-corrected chi connectivity index (χ1v) is 7.70. The Hall–Kier alpha value is -3.02. The number of para-hydroxylation sites is 2. The average molecular weight is 326 g/mol. The highest BCUT2D eigenvalue weighted by Crippen LogP contribution is 2.19. The van der Waals surface area contributed by atoms with Gasteiger partial charge in [0.15, 0.2) is 0 Å². The van der Waals surface area contributed by atoms with Crippen molar-refractivity contribution in [1.29, 1.82) is 0 Å². The topological polar surface area (TPSA) is 84.3 Å². The number of aryl methyl sites for hydroxylation is 2. The normalized spacial score (nSPS) is 10.9. The molecule has 1 aromatic heterocycles. The minimum absolute atomic E-state index is 0.0900. The molecule has 0 amide bonds. The molecule has 24 heavy (non-hydrogen) atoms. The van der Waals surface area contributed by atoms with Gasteiger partial charge in [-0.3, -0.25) is 4.57 Å². The highest BCUT2D eigenvalue weighted by atomic mass is 16.5. The molecule has 6 heteroatoms. The number of phenolic OH excluding ortho intramolecular Hbond substituents is 1. The van der Waals surface area contributed by atoms with Gasteiger partial charge in [-0.05, 0) is 43.2 Å². The molecule has 0 aliphatic carbocycles. The van der Waals surface area contributed by atoms with Crippen molar-refractivity contribution >= 4 is 17.0 Å². The lowest BCUT2D eigenvalue weighted by molar-refractivity contribution is 0.0493. The minimum Gasteiger partial charge on any atom is -0.507 e. The number of carbonyl (C=O) groups excluding carboxylic acids is 1. The lowest BCUT2D eigenvalue weighted by Gasteiger charge is -2.07. The lowest BCUT2D eigenvalue weighted by atomic mass is 10.1. The van der Waals surface area contributed by atoms with Crippen molar-refractivity contribution in [3.8, 4) is 5.75 Å². The first-order chi connectivity index (χ1) is 11.6. The van der Waals surface area contributed by atoms with Crippen molar-refractivity contribution in [3.05, 3.63) is 64.1 Å². The fourth-order valence-electron chi connectivity index (χ4n) is 2.61. The van der Waals surface area contributed by atoms with Crippen LogP contribution in [-0.4, -0.2) is 27.2 Å². The Morgan fingerprint density at radius 2 is 2.04 bits per heavy atom. The fraction of sp³-hybridized carbons (Fsp3) is 0.222. The van der Waals surface area contributed by atoms with Crippen LogP contribution < -0.4 is 5.69 Å². The average Bonchev–Trinajstić information content (AvgIpc) is 2.87. The molecular weight excluding hydrogens is 308 g/mol. The van der Waals surface area contributed by atoms with Crippen molar-refractivity contribution in [3.63, 3.8) is 0 Å². The van der Waals surface area contributed by atoms with Gasteiger partial charge in [0.05, 0.1) is 17.6 Å². The molecule has 0 saturated heterocycles. The SMILES string of the molecule is Cc1ccc(C(=O)OCCCn2c(=O)[nH]c3ccccc32)c(O)c1. The summed E-state index contributed by atoms with van der Waals surface area (Å²) in [5.41, 5.74) is 2.43. The summed E-state index contributed by atoms with van der Waals surface area (Å²) < 4.78 is 6.79. The molecule has 124 valence electrons. The Balaban J connectivity index is 1.59. The highest BCUT2D eigenvalue weighted by molar-refractivity contribution is 5.92. The summed E-state index contributed by atoms with van der Waals surface area (Å²) >= 11 is 0. The number of imidazole rings is 1. The number of ether oxygens (including phenoxy) is 1. The van der Waals surface area contributed by atoms with Gasteiger partial charge >= 0.3 is 11.7 Å². The van der Waals surface area contributed by atoms with Gasteiger partial charge in [0.2, 0.25) is 0 Å². The summed E-state index contributed by atoms with van der Waals surface area (Å²) in [7, 11) is 0. The number of hydrogen-bond donors (Lipinski definition) is 2. The van der Waals surface area contributed by atoms with E-state index in [9.17, 15) is 14.7 Å². The zero-order chi connectivity index (χ0) is 17.1. The minimum atomic E-state index is -0.571. The van der Waals surface area contributed by atoms with E-state index in [-0.39, 0.29) is 23.6 Å². The van der Waals surface area contributed by atoms with E-state index >= 15 is 0 Å². The second kappa shape index (κ2) is 6.62. The summed E-state index contributed by atoms with van der Waals surface area (Å²) in [6.45, 7) is 2.43. The number of nitrogens with one attached hydrogen (secondary N) is 1. The van der Waals surface area contributed by atoms with Crippen LogP contribution in [0.1, 0.15) is 22.3 Å². The van der Waals surface area contributed by atoms with E-state index in [2.05, 4.69) is 4.98 Å². The number of aromatic amines is 1. The van der Waals surface area contributed by atoms with Crippen LogP contribution in [0.3, 0.4) is 0 Å². The van der Waals surface area contributed by atoms with Crippen LogP contribution >= 0.6 is 0 Å². The molecule has 0 spiro atoms. The molecule has 0 bridgehead atoms. The van der Waals surface area contributed by atoms with Crippen LogP contribution in [0, 0.1) is 6.92 Å². The molecule has 0 aliphatic rings. The van der Waals surface area contributed by atoms with Crippen molar-refractivity contribution < 1.29 is 14.6 Å². The molecule has 3 rings (SSSR count). The summed E-state index contributed by atoms with van der Waals surface area (Å²) in [6, 6.07) is 12.2. The number of nitrogens with zero attached hydrogens (tertiary/aromatic N) is 1. The quantitative estimate of drug-likeness (QED) is 0.557. The number of aromatic hydroxyl groups is 1. The number of phenols is 1. The standard InChI is InChI=1S/C18H18N2O4/c1-12-7-8-13(16(21)11-12)17(22)24-10-4-9-20-15-6-3-2-5-14(15)19-18(20)23/h2-3,5-8,11,21H,4,9-10H2,1H3,(H,19,23). The number of benzene rings is 2. The van der Waals surface area contributed by atoms with Gasteiger partial charge in [0.25, 0.3) is 0 Å². The zero-order valence-corrected chi connectivity index (χ0v) is 13.3. The summed E-state index contributed by atoms with van der Waals surface area (Å²) in [4.78, 5) is 26.7. The Kier molecular flexibility index (Phi) is 4.37. The number of fused-ring (bicyclic) bond motifs is 1. The second-order valence-electron chi connectivity index (χ2n) is 5.61. The van der Waals surface area contributed by atoms with Crippen LogP contribution in [0.5, 0.6) is 5.75 Å². The Bertz CT molecular complexity index is 940. The fourth-order valence-corrected chi connectivity index (χ4v) is 2.61. The number of hydrogen-bond acceptors (Lipinski definition) is 4. The van der Waals surface area contributed by atoms with E-state index in [1.165, 1.54) is 12.1 Å². The van der Waals surface area contributed by atoms with E-state index in [4.69, 9.17) is 4.74 Å². The predicted molar refractivity (Wildman–Crippen MR) is 90.3 cm³/mol. The van der Waals surface area contributed by atoms with Crippen LogP contribution in [0.25, 0.3) is 11.0 Å². The second-order valence-corrected chi connectivity index (χ2v) is 5.61. The molecule has 0 atom stereocenters. The molecule has 3 aromatic rings. The zero-order valence-electron chi connectivity index (χ0n) is 13.3. The van der Waals surface area contributed by atoms with Crippen LogP contribution in [0.15, 0.2) is 47.3 Å². The van der Waals surface area contributed by atoms with Gasteiger partial charge in [-0.2, -0.15) is 0 Å². The first-order valence-electron chi connectivity index (χ1n) is 7.70. The third-order valence-corrected chi connectivity index (χ3v) is 3.81. The van der Waals surface area contributed by atoms with Gasteiger partial charge in [-0.1, -0.05) is 18.2 Å². The highest BCUT2D eigenvalue weighted by Gasteiger charge is 2.12. The van der Waals surface area contributed by atoms with Gasteiger partial charge in [-0.15, -0.1) is 0 Å². The molecule has 0 unspecified atom stereocenters. The van der Waals surface area contributed by atoms with E-state index < -0.39 is 5.97 Å². The smallest absolute Gasteiger partial charge is 0.341 e. The molecule has 1 heterocycles. The summed E-state index contributed by atoms with van der Waals surface area (Å²) in [5, 5.41) is 9.77. The molecule has 2 N–H and O–H groups in total. The number of carbonyl (C=O) groups is 1. The molecule has 0 saturated carbocycles.